The number of nitrogens with zero attached hydrogens (tertiary/aromatic N) is 1. The average molecular weight is 259 g/mol. The highest BCUT2D eigenvalue weighted by Crippen LogP contribution is 2.21. The molecule has 0 atom stereocenters. The largest absolute Gasteiger partial charge is 0.494 e. The zero-order valence-corrected chi connectivity index (χ0v) is 10.5. The van der Waals surface area contributed by atoms with Crippen molar-refractivity contribution in [3.05, 3.63) is 29.3 Å². The van der Waals surface area contributed by atoms with Crippen LogP contribution in [0, 0.1) is 11.6 Å². The fraction of sp³-hybridized carbons (Fsp3) is 0.417. The minimum absolute atomic E-state index is 0.141. The van der Waals surface area contributed by atoms with E-state index in [0.29, 0.717) is 0 Å². The van der Waals surface area contributed by atoms with Gasteiger partial charge >= 0.3 is 6.09 Å². The van der Waals surface area contributed by atoms with Gasteiger partial charge in [0.05, 0.1) is 14.2 Å². The van der Waals surface area contributed by atoms with Gasteiger partial charge in [0.1, 0.15) is 5.82 Å². The Kier molecular flexibility index (Phi) is 4.88. The second-order valence-electron chi connectivity index (χ2n) is 3.72. The van der Waals surface area contributed by atoms with E-state index in [2.05, 4.69) is 9.47 Å². The minimum Gasteiger partial charge on any atom is -0.494 e. The van der Waals surface area contributed by atoms with Gasteiger partial charge in [-0.25, -0.2) is 13.6 Å². The Morgan fingerprint density at radius 3 is 2.50 bits per heavy atom. The lowest BCUT2D eigenvalue weighted by Crippen LogP contribution is -2.28. The Balaban J connectivity index is 2.74. The monoisotopic (exact) mass is 259 g/mol. The molecule has 4 nitrogen and oxygen atoms in total. The topological polar surface area (TPSA) is 38.8 Å². The lowest BCUT2D eigenvalue weighted by atomic mass is 10.1. The van der Waals surface area contributed by atoms with Gasteiger partial charge in [0, 0.05) is 19.7 Å². The first kappa shape index (κ1) is 14.2. The number of methoxy groups -OCH3 is 2. The van der Waals surface area contributed by atoms with E-state index in [4.69, 9.17) is 0 Å². The van der Waals surface area contributed by atoms with Crippen LogP contribution >= 0.6 is 0 Å². The van der Waals surface area contributed by atoms with Gasteiger partial charge in [0.2, 0.25) is 0 Å². The molecule has 0 unspecified atom stereocenters. The van der Waals surface area contributed by atoms with Crippen LogP contribution in [0.3, 0.4) is 0 Å². The summed E-state index contributed by atoms with van der Waals surface area (Å²) in [6, 6.07) is 2.06. The van der Waals surface area contributed by atoms with Crippen LogP contribution in [0.15, 0.2) is 12.1 Å². The summed E-state index contributed by atoms with van der Waals surface area (Å²) in [6.45, 7) is 0.232. The third kappa shape index (κ3) is 3.32. The summed E-state index contributed by atoms with van der Waals surface area (Å²) in [4.78, 5) is 12.4. The van der Waals surface area contributed by atoms with Crippen LogP contribution in [0.4, 0.5) is 13.6 Å². The molecule has 0 aromatic heterocycles. The highest BCUT2D eigenvalue weighted by atomic mass is 19.1. The summed E-state index contributed by atoms with van der Waals surface area (Å²) in [5.41, 5.74) is 0.184. The molecule has 0 radical (unpaired) electrons. The smallest absolute Gasteiger partial charge is 0.409 e. The molecule has 0 saturated heterocycles. The van der Waals surface area contributed by atoms with Crippen LogP contribution in [-0.2, 0) is 11.2 Å². The van der Waals surface area contributed by atoms with Crippen molar-refractivity contribution >= 4 is 6.09 Å². The molecule has 1 aromatic rings. The summed E-state index contributed by atoms with van der Waals surface area (Å²) >= 11 is 0. The Morgan fingerprint density at radius 2 is 1.94 bits per heavy atom. The van der Waals surface area contributed by atoms with E-state index in [0.717, 1.165) is 12.1 Å². The first-order valence-corrected chi connectivity index (χ1v) is 5.30. The highest BCUT2D eigenvalue weighted by molar-refractivity contribution is 5.66. The molecule has 0 heterocycles. The maximum absolute atomic E-state index is 13.6. The molecule has 6 heteroatoms. The number of hydrogen-bond donors (Lipinski definition) is 0. The number of likely N-dealkylation sites (N-methyl/N-ethyl adjacent to an activating group) is 1. The highest BCUT2D eigenvalue weighted by Gasteiger charge is 2.13. The first-order valence-electron chi connectivity index (χ1n) is 5.30. The van der Waals surface area contributed by atoms with Gasteiger partial charge < -0.3 is 14.4 Å². The number of benzene rings is 1. The van der Waals surface area contributed by atoms with Gasteiger partial charge in [0.25, 0.3) is 0 Å². The van der Waals surface area contributed by atoms with Crippen LogP contribution in [-0.4, -0.2) is 38.8 Å². The molecule has 0 spiro atoms. The molecule has 0 aliphatic rings. The van der Waals surface area contributed by atoms with E-state index >= 15 is 0 Å². The van der Waals surface area contributed by atoms with Crippen molar-refractivity contribution in [2.45, 2.75) is 6.42 Å². The molecule has 0 aliphatic carbocycles. The Labute approximate surface area is 104 Å². The van der Waals surface area contributed by atoms with Crippen LogP contribution in [0.2, 0.25) is 0 Å². The SMILES string of the molecule is COC(=O)N(C)CCc1cc(F)c(OC)cc1F. The molecule has 0 N–H and O–H groups in total. The van der Waals surface area contributed by atoms with Crippen molar-refractivity contribution < 1.29 is 23.0 Å². The Morgan fingerprint density at radius 1 is 1.28 bits per heavy atom. The van der Waals surface area contributed by atoms with E-state index in [1.54, 1.807) is 0 Å². The van der Waals surface area contributed by atoms with Gasteiger partial charge in [-0.3, -0.25) is 0 Å². The maximum Gasteiger partial charge on any atom is 0.409 e. The predicted molar refractivity (Wildman–Crippen MR) is 61.6 cm³/mol. The first-order chi connectivity index (χ1) is 8.49. The van der Waals surface area contributed by atoms with Crippen molar-refractivity contribution in [1.82, 2.24) is 4.90 Å². The fourth-order valence-corrected chi connectivity index (χ4v) is 1.45. The number of halogens is 2. The van der Waals surface area contributed by atoms with Gasteiger partial charge in [-0.1, -0.05) is 0 Å². The van der Waals surface area contributed by atoms with E-state index in [1.807, 2.05) is 0 Å². The molecular formula is C12H15F2NO3. The summed E-state index contributed by atoms with van der Waals surface area (Å²) < 4.78 is 36.1. The van der Waals surface area contributed by atoms with Crippen LogP contribution < -0.4 is 4.74 Å². The standard InChI is InChI=1S/C12H15F2NO3/c1-15(12(16)18-3)5-4-8-6-10(14)11(17-2)7-9(8)13/h6-7H,4-5H2,1-3H3. The normalized spacial score (nSPS) is 10.1. The Hall–Kier alpha value is -1.85. The molecular weight excluding hydrogens is 244 g/mol. The molecule has 0 fully saturated rings. The number of ether oxygens (including phenoxy) is 2. The molecule has 0 saturated carbocycles. The zero-order chi connectivity index (χ0) is 13.7. The van der Waals surface area contributed by atoms with Crippen LogP contribution in [0.25, 0.3) is 0 Å². The van der Waals surface area contributed by atoms with Crippen molar-refractivity contribution in [2.75, 3.05) is 27.8 Å². The van der Waals surface area contributed by atoms with Crippen molar-refractivity contribution in [3.8, 4) is 5.75 Å². The van der Waals surface area contributed by atoms with Crippen molar-refractivity contribution in [1.29, 1.82) is 0 Å². The van der Waals surface area contributed by atoms with Gasteiger partial charge in [-0.05, 0) is 18.1 Å². The minimum atomic E-state index is -0.630. The van der Waals surface area contributed by atoms with E-state index in [-0.39, 0.29) is 24.3 Å². The van der Waals surface area contributed by atoms with E-state index < -0.39 is 17.7 Å². The van der Waals surface area contributed by atoms with Crippen LogP contribution in [0.1, 0.15) is 5.56 Å². The third-order valence-electron chi connectivity index (χ3n) is 2.52. The molecule has 18 heavy (non-hydrogen) atoms. The molecule has 1 rings (SSSR count). The zero-order valence-electron chi connectivity index (χ0n) is 10.5. The fourth-order valence-electron chi connectivity index (χ4n) is 1.45. The summed E-state index contributed by atoms with van der Waals surface area (Å²) in [5.74, 6) is -1.33. The quantitative estimate of drug-likeness (QED) is 0.832. The second-order valence-corrected chi connectivity index (χ2v) is 3.72. The summed E-state index contributed by atoms with van der Waals surface area (Å²) in [6.07, 6.45) is -0.331. The van der Waals surface area contributed by atoms with Gasteiger partial charge in [0.15, 0.2) is 11.6 Å². The van der Waals surface area contributed by atoms with Crippen molar-refractivity contribution in [3.63, 3.8) is 0 Å². The number of rotatable bonds is 4. The lowest BCUT2D eigenvalue weighted by Gasteiger charge is -2.15. The lowest BCUT2D eigenvalue weighted by molar-refractivity contribution is 0.133. The van der Waals surface area contributed by atoms with Crippen LogP contribution in [0.5, 0.6) is 5.75 Å². The third-order valence-corrected chi connectivity index (χ3v) is 2.52. The number of hydrogen-bond acceptors (Lipinski definition) is 3. The van der Waals surface area contributed by atoms with E-state index in [9.17, 15) is 13.6 Å². The molecule has 0 bridgehead atoms. The number of amides is 1. The second kappa shape index (κ2) is 6.18. The summed E-state index contributed by atoms with van der Waals surface area (Å²) in [7, 11) is 4.04. The molecule has 0 aliphatic heterocycles. The maximum atomic E-state index is 13.6. The Bertz CT molecular complexity index is 438. The predicted octanol–water partition coefficient (Wildman–Crippen LogP) is 2.21. The molecule has 1 aromatic carbocycles. The van der Waals surface area contributed by atoms with Gasteiger partial charge in [-0.2, -0.15) is 0 Å². The molecule has 1 amide bonds. The van der Waals surface area contributed by atoms with Crippen molar-refractivity contribution in [2.24, 2.45) is 0 Å². The number of carbonyl (C=O) groups excluding carboxylic acids is 1. The summed E-state index contributed by atoms with van der Waals surface area (Å²) in [5, 5.41) is 0. The average Bonchev–Trinajstić information content (AvgIpc) is 2.37. The van der Waals surface area contributed by atoms with Gasteiger partial charge in [-0.15, -0.1) is 0 Å². The van der Waals surface area contributed by atoms with E-state index in [1.165, 1.54) is 26.2 Å². The molecule has 100 valence electrons. The number of carbonyl (C=O) groups is 1.